The molecule has 1 aromatic carbocycles. The second kappa shape index (κ2) is 6.54. The van der Waals surface area contributed by atoms with Crippen molar-refractivity contribution in [3.8, 4) is 5.75 Å². The Morgan fingerprint density at radius 1 is 1.13 bits per heavy atom. The van der Waals surface area contributed by atoms with E-state index in [1.54, 1.807) is 0 Å². The molecule has 0 aliphatic heterocycles. The Morgan fingerprint density at radius 3 is 2.27 bits per heavy atom. The lowest BCUT2D eigenvalue weighted by molar-refractivity contribution is 0.309. The molecule has 0 aliphatic rings. The van der Waals surface area contributed by atoms with E-state index in [1.165, 1.54) is 15.6 Å². The third-order valence-electron chi connectivity index (χ3n) is 2.21. The number of alkyl halides is 1. The molecule has 15 heavy (non-hydrogen) atoms. The molecule has 84 valence electrons. The van der Waals surface area contributed by atoms with Crippen LogP contribution >= 0.6 is 31.9 Å². The van der Waals surface area contributed by atoms with E-state index in [0.29, 0.717) is 0 Å². The maximum atomic E-state index is 5.68. The summed E-state index contributed by atoms with van der Waals surface area (Å²) in [6.45, 7) is 4.97. The molecule has 0 heterocycles. The van der Waals surface area contributed by atoms with Crippen molar-refractivity contribution >= 4 is 31.9 Å². The van der Waals surface area contributed by atoms with Gasteiger partial charge in [-0.25, -0.2) is 0 Å². The van der Waals surface area contributed by atoms with Crippen LogP contribution in [-0.2, 0) is 0 Å². The van der Waals surface area contributed by atoms with Crippen LogP contribution in [0.25, 0.3) is 0 Å². The number of unbranched alkanes of at least 4 members (excludes halogenated alkanes) is 1. The van der Waals surface area contributed by atoms with Gasteiger partial charge in [0, 0.05) is 9.80 Å². The lowest BCUT2D eigenvalue weighted by atomic mass is 10.1. The summed E-state index contributed by atoms with van der Waals surface area (Å²) in [6, 6.07) is 4.15. The summed E-state index contributed by atoms with van der Waals surface area (Å²) in [5.41, 5.74) is 2.45. The largest absolute Gasteiger partial charge is 0.494 e. The highest BCUT2D eigenvalue weighted by Gasteiger charge is 2.02. The minimum Gasteiger partial charge on any atom is -0.494 e. The molecule has 0 radical (unpaired) electrons. The van der Waals surface area contributed by atoms with E-state index in [9.17, 15) is 0 Å². The van der Waals surface area contributed by atoms with Gasteiger partial charge in [-0.05, 0) is 49.9 Å². The van der Waals surface area contributed by atoms with Gasteiger partial charge in [0.15, 0.2) is 0 Å². The predicted molar refractivity (Wildman–Crippen MR) is 72.1 cm³/mol. The van der Waals surface area contributed by atoms with Gasteiger partial charge in [0.2, 0.25) is 0 Å². The highest BCUT2D eigenvalue weighted by Crippen LogP contribution is 2.26. The molecular formula is C12H16Br2O. The van der Waals surface area contributed by atoms with Gasteiger partial charge in [-0.2, -0.15) is 0 Å². The molecule has 1 rings (SSSR count). The van der Waals surface area contributed by atoms with Gasteiger partial charge in [-0.15, -0.1) is 0 Å². The van der Waals surface area contributed by atoms with Crippen molar-refractivity contribution in [2.24, 2.45) is 0 Å². The molecular weight excluding hydrogens is 320 g/mol. The van der Waals surface area contributed by atoms with Crippen molar-refractivity contribution in [1.29, 1.82) is 0 Å². The van der Waals surface area contributed by atoms with Crippen LogP contribution in [0, 0.1) is 13.8 Å². The standard InChI is InChI=1S/C12H16Br2O/c1-9-7-11(8-10(2)12(9)14)15-6-4-3-5-13/h7-8H,3-6H2,1-2H3. The first-order valence-electron chi connectivity index (χ1n) is 5.10. The Hall–Kier alpha value is -0.0200. The predicted octanol–water partition coefficient (Wildman–Crippen LogP) is 4.62. The van der Waals surface area contributed by atoms with Crippen molar-refractivity contribution in [2.75, 3.05) is 11.9 Å². The number of hydrogen-bond acceptors (Lipinski definition) is 1. The second-order valence-electron chi connectivity index (χ2n) is 3.62. The zero-order valence-electron chi connectivity index (χ0n) is 9.15. The van der Waals surface area contributed by atoms with Crippen molar-refractivity contribution in [2.45, 2.75) is 26.7 Å². The summed E-state index contributed by atoms with van der Waals surface area (Å²) in [4.78, 5) is 0. The van der Waals surface area contributed by atoms with Gasteiger partial charge in [0.25, 0.3) is 0 Å². The molecule has 0 aliphatic carbocycles. The summed E-state index contributed by atoms with van der Waals surface area (Å²) in [6.07, 6.45) is 2.26. The van der Waals surface area contributed by atoms with Crippen LogP contribution in [0.5, 0.6) is 5.75 Å². The molecule has 0 N–H and O–H groups in total. The van der Waals surface area contributed by atoms with Crippen LogP contribution in [-0.4, -0.2) is 11.9 Å². The first-order valence-corrected chi connectivity index (χ1v) is 7.02. The minimum absolute atomic E-state index is 0.798. The molecule has 0 fully saturated rings. The third-order valence-corrected chi connectivity index (χ3v) is 4.02. The Morgan fingerprint density at radius 2 is 1.73 bits per heavy atom. The molecule has 0 saturated carbocycles. The molecule has 0 atom stereocenters. The number of ether oxygens (including phenoxy) is 1. The number of rotatable bonds is 5. The summed E-state index contributed by atoms with van der Waals surface area (Å²) in [5.74, 6) is 0.975. The van der Waals surface area contributed by atoms with E-state index in [2.05, 4.69) is 57.8 Å². The Kier molecular flexibility index (Phi) is 5.69. The lowest BCUT2D eigenvalue weighted by Gasteiger charge is -2.09. The van der Waals surface area contributed by atoms with Gasteiger partial charge in [0.1, 0.15) is 5.75 Å². The minimum atomic E-state index is 0.798. The number of aryl methyl sites for hydroxylation is 2. The zero-order chi connectivity index (χ0) is 11.3. The van der Waals surface area contributed by atoms with Gasteiger partial charge >= 0.3 is 0 Å². The molecule has 1 nitrogen and oxygen atoms in total. The van der Waals surface area contributed by atoms with Gasteiger partial charge < -0.3 is 4.74 Å². The Labute approximate surface area is 108 Å². The molecule has 0 aromatic heterocycles. The van der Waals surface area contributed by atoms with E-state index in [-0.39, 0.29) is 0 Å². The second-order valence-corrected chi connectivity index (χ2v) is 5.20. The van der Waals surface area contributed by atoms with Crippen LogP contribution in [0.15, 0.2) is 16.6 Å². The monoisotopic (exact) mass is 334 g/mol. The molecule has 0 amide bonds. The maximum Gasteiger partial charge on any atom is 0.119 e. The fraction of sp³-hybridized carbons (Fsp3) is 0.500. The maximum absolute atomic E-state index is 5.68. The topological polar surface area (TPSA) is 9.23 Å². The molecule has 0 unspecified atom stereocenters. The molecule has 3 heteroatoms. The Balaban J connectivity index is 2.55. The number of hydrogen-bond donors (Lipinski definition) is 0. The highest BCUT2D eigenvalue weighted by molar-refractivity contribution is 9.10. The summed E-state index contributed by atoms with van der Waals surface area (Å²) in [5, 5.41) is 1.05. The van der Waals surface area contributed by atoms with Crippen LogP contribution < -0.4 is 4.74 Å². The fourth-order valence-corrected chi connectivity index (χ4v) is 2.00. The first kappa shape index (κ1) is 13.0. The zero-order valence-corrected chi connectivity index (χ0v) is 12.3. The molecule has 1 aromatic rings. The van der Waals surface area contributed by atoms with Crippen molar-refractivity contribution < 1.29 is 4.74 Å². The van der Waals surface area contributed by atoms with Crippen molar-refractivity contribution in [3.05, 3.63) is 27.7 Å². The van der Waals surface area contributed by atoms with Gasteiger partial charge in [-0.3, -0.25) is 0 Å². The summed E-state index contributed by atoms with van der Waals surface area (Å²) in [7, 11) is 0. The van der Waals surface area contributed by atoms with Crippen LogP contribution in [0.2, 0.25) is 0 Å². The van der Waals surface area contributed by atoms with Crippen molar-refractivity contribution in [1.82, 2.24) is 0 Å². The molecule has 0 spiro atoms. The number of benzene rings is 1. The summed E-state index contributed by atoms with van der Waals surface area (Å²) >= 11 is 6.95. The van der Waals surface area contributed by atoms with E-state index in [0.717, 1.165) is 30.5 Å². The van der Waals surface area contributed by atoms with E-state index >= 15 is 0 Å². The third kappa shape index (κ3) is 4.15. The Bertz CT molecular complexity index is 300. The average Bonchev–Trinajstić information content (AvgIpc) is 2.21. The highest BCUT2D eigenvalue weighted by atomic mass is 79.9. The smallest absolute Gasteiger partial charge is 0.119 e. The summed E-state index contributed by atoms with van der Waals surface area (Å²) < 4.78 is 6.86. The average molecular weight is 336 g/mol. The lowest BCUT2D eigenvalue weighted by Crippen LogP contribution is -1.98. The normalized spacial score (nSPS) is 10.4. The SMILES string of the molecule is Cc1cc(OCCCCBr)cc(C)c1Br. The van der Waals surface area contributed by atoms with E-state index in [4.69, 9.17) is 4.74 Å². The van der Waals surface area contributed by atoms with Crippen molar-refractivity contribution in [3.63, 3.8) is 0 Å². The van der Waals surface area contributed by atoms with Gasteiger partial charge in [0.05, 0.1) is 6.61 Å². The van der Waals surface area contributed by atoms with E-state index in [1.807, 2.05) is 0 Å². The van der Waals surface area contributed by atoms with Crippen LogP contribution in [0.4, 0.5) is 0 Å². The molecule has 0 saturated heterocycles. The first-order chi connectivity index (χ1) is 7.15. The fourth-order valence-electron chi connectivity index (χ4n) is 1.38. The van der Waals surface area contributed by atoms with Crippen LogP contribution in [0.3, 0.4) is 0 Å². The number of halogens is 2. The quantitative estimate of drug-likeness (QED) is 0.563. The van der Waals surface area contributed by atoms with Crippen LogP contribution in [0.1, 0.15) is 24.0 Å². The van der Waals surface area contributed by atoms with E-state index < -0.39 is 0 Å². The molecule has 0 bridgehead atoms. The van der Waals surface area contributed by atoms with Gasteiger partial charge in [-0.1, -0.05) is 31.9 Å².